The van der Waals surface area contributed by atoms with Gasteiger partial charge >= 0.3 is 5.97 Å². The first-order valence-corrected chi connectivity index (χ1v) is 7.95. The third-order valence-electron chi connectivity index (χ3n) is 3.98. The molecule has 1 aromatic rings. The first-order valence-electron chi connectivity index (χ1n) is 7.95. The number of hydrogen-bond acceptors (Lipinski definition) is 4. The fraction of sp³-hybridized carbons (Fsp3) is 0.263. The van der Waals surface area contributed by atoms with Crippen LogP contribution < -0.4 is 5.32 Å². The number of dihydropyridines is 1. The lowest BCUT2D eigenvalue weighted by Crippen LogP contribution is -2.42. The van der Waals surface area contributed by atoms with E-state index in [4.69, 9.17) is 0 Å². The van der Waals surface area contributed by atoms with Crippen molar-refractivity contribution in [3.63, 3.8) is 0 Å². The maximum Gasteiger partial charge on any atom is 0.337 e. The topological polar surface area (TPSA) is 95.8 Å². The van der Waals surface area contributed by atoms with Crippen molar-refractivity contribution in [3.05, 3.63) is 59.2 Å². The lowest BCUT2D eigenvalue weighted by atomic mass is 9.88. The zero-order valence-corrected chi connectivity index (χ0v) is 14.2. The quantitative estimate of drug-likeness (QED) is 0.737. The molecule has 0 spiro atoms. The van der Waals surface area contributed by atoms with Crippen molar-refractivity contribution in [3.8, 4) is 0 Å². The lowest BCUT2D eigenvalue weighted by molar-refractivity contribution is -0.133. The summed E-state index contributed by atoms with van der Waals surface area (Å²) in [6.45, 7) is 7.49. The molecule has 0 bridgehead atoms. The summed E-state index contributed by atoms with van der Waals surface area (Å²) < 4.78 is 0. The van der Waals surface area contributed by atoms with Gasteiger partial charge in [0.25, 0.3) is 5.91 Å². The van der Waals surface area contributed by atoms with Crippen LogP contribution in [0.5, 0.6) is 0 Å². The Balaban J connectivity index is 2.44. The molecule has 6 heteroatoms. The Morgan fingerprint density at radius 2 is 1.88 bits per heavy atom. The third-order valence-corrected chi connectivity index (χ3v) is 3.98. The number of ketones is 1. The number of likely N-dealkylation sites (N-methyl/N-ethyl adjacent to an activating group) is 1. The van der Waals surface area contributed by atoms with Gasteiger partial charge in [-0.25, -0.2) is 9.79 Å². The van der Waals surface area contributed by atoms with Crippen LogP contribution >= 0.6 is 0 Å². The largest absolute Gasteiger partial charge is 0.478 e. The van der Waals surface area contributed by atoms with Crippen LogP contribution in [0.15, 0.2) is 58.6 Å². The van der Waals surface area contributed by atoms with Crippen molar-refractivity contribution < 1.29 is 19.5 Å². The Hall–Kier alpha value is -2.86. The van der Waals surface area contributed by atoms with Crippen LogP contribution in [-0.2, 0) is 20.8 Å². The zero-order chi connectivity index (χ0) is 18.6. The lowest BCUT2D eigenvalue weighted by Gasteiger charge is -2.21. The van der Waals surface area contributed by atoms with E-state index in [2.05, 4.69) is 16.9 Å². The Morgan fingerprint density at radius 1 is 1.24 bits per heavy atom. The van der Waals surface area contributed by atoms with Crippen LogP contribution in [0.1, 0.15) is 19.4 Å². The molecular formula is C19H20N2O4. The van der Waals surface area contributed by atoms with E-state index < -0.39 is 29.3 Å². The number of rotatable bonds is 7. The monoisotopic (exact) mass is 340 g/mol. The summed E-state index contributed by atoms with van der Waals surface area (Å²) in [7, 11) is 0. The van der Waals surface area contributed by atoms with Crippen molar-refractivity contribution in [1.82, 2.24) is 5.32 Å². The molecule has 0 radical (unpaired) electrons. The summed E-state index contributed by atoms with van der Waals surface area (Å²) in [6.07, 6.45) is 0.340. The van der Waals surface area contributed by atoms with Gasteiger partial charge in [0.05, 0.1) is 11.6 Å². The molecule has 1 heterocycles. The van der Waals surface area contributed by atoms with E-state index in [0.717, 1.165) is 5.56 Å². The second-order valence-electron chi connectivity index (χ2n) is 5.70. The Morgan fingerprint density at radius 3 is 2.44 bits per heavy atom. The number of carboxylic acid groups (broad SMARTS) is 1. The standard InChI is InChI=1S/C19H20N2O4/c1-4-20-14(10-13-8-6-5-7-9-13)17(22)16-15(19(24)25)11(2)12(3)21-18(16)23/h5-9,14,20H,2,4,10H2,1,3H3,(H,24,25)/t14-/m0/s1. The van der Waals surface area contributed by atoms with Gasteiger partial charge in [0.2, 0.25) is 0 Å². The van der Waals surface area contributed by atoms with Gasteiger partial charge in [-0.15, -0.1) is 0 Å². The van der Waals surface area contributed by atoms with Gasteiger partial charge in [0.1, 0.15) is 5.57 Å². The molecule has 1 aliphatic rings. The molecule has 1 aromatic carbocycles. The number of aliphatic imine (C=N–C) groups is 1. The molecule has 0 unspecified atom stereocenters. The SMILES string of the molecule is C=C1C(C)=NC(=O)C(C(=O)[C@H](Cc2ccccc2)NCC)=C1C(=O)O. The number of amides is 1. The molecule has 2 rings (SSSR count). The molecule has 0 saturated heterocycles. The summed E-state index contributed by atoms with van der Waals surface area (Å²) >= 11 is 0. The van der Waals surface area contributed by atoms with E-state index in [1.165, 1.54) is 6.92 Å². The van der Waals surface area contributed by atoms with Crippen molar-refractivity contribution in [2.24, 2.45) is 4.99 Å². The number of nitrogens with zero attached hydrogens (tertiary/aromatic N) is 1. The van der Waals surface area contributed by atoms with E-state index >= 15 is 0 Å². The highest BCUT2D eigenvalue weighted by Gasteiger charge is 2.35. The summed E-state index contributed by atoms with van der Waals surface area (Å²) in [4.78, 5) is 40.6. The van der Waals surface area contributed by atoms with Crippen LogP contribution in [0.4, 0.5) is 0 Å². The third kappa shape index (κ3) is 3.97. The fourth-order valence-corrected chi connectivity index (χ4v) is 2.71. The number of hydrogen-bond donors (Lipinski definition) is 2. The molecule has 1 aliphatic heterocycles. The highest BCUT2D eigenvalue weighted by atomic mass is 16.4. The molecule has 6 nitrogen and oxygen atoms in total. The van der Waals surface area contributed by atoms with E-state index in [1.807, 2.05) is 37.3 Å². The predicted molar refractivity (Wildman–Crippen MR) is 94.5 cm³/mol. The summed E-state index contributed by atoms with van der Waals surface area (Å²) in [6, 6.07) is 8.59. The normalized spacial score (nSPS) is 15.8. The number of aliphatic carboxylic acids is 1. The highest BCUT2D eigenvalue weighted by molar-refractivity contribution is 6.33. The molecule has 0 saturated carbocycles. The van der Waals surface area contributed by atoms with Crippen LogP contribution in [0.3, 0.4) is 0 Å². The molecule has 0 aliphatic carbocycles. The van der Waals surface area contributed by atoms with Gasteiger partial charge < -0.3 is 10.4 Å². The molecule has 1 amide bonds. The second kappa shape index (κ2) is 7.81. The van der Waals surface area contributed by atoms with Gasteiger partial charge in [0, 0.05) is 11.3 Å². The first kappa shape index (κ1) is 18.5. The minimum Gasteiger partial charge on any atom is -0.478 e. The number of Topliss-reactive ketones (excluding diaryl/α,β-unsaturated/α-hetero) is 1. The van der Waals surface area contributed by atoms with E-state index in [-0.39, 0.29) is 16.9 Å². The predicted octanol–water partition coefficient (Wildman–Crippen LogP) is 1.71. The van der Waals surface area contributed by atoms with Gasteiger partial charge in [-0.3, -0.25) is 9.59 Å². The van der Waals surface area contributed by atoms with Crippen LogP contribution in [0.25, 0.3) is 0 Å². The molecular weight excluding hydrogens is 320 g/mol. The zero-order valence-electron chi connectivity index (χ0n) is 14.2. The van der Waals surface area contributed by atoms with Gasteiger partial charge in [-0.1, -0.05) is 43.8 Å². The molecule has 2 N–H and O–H groups in total. The number of carboxylic acids is 1. The summed E-state index contributed by atoms with van der Waals surface area (Å²) in [5.74, 6) is -2.76. The molecule has 1 atom stereocenters. The Bertz CT molecular complexity index is 791. The van der Waals surface area contributed by atoms with Crippen molar-refractivity contribution in [2.75, 3.05) is 6.54 Å². The second-order valence-corrected chi connectivity index (χ2v) is 5.70. The van der Waals surface area contributed by atoms with Crippen molar-refractivity contribution >= 4 is 23.4 Å². The Kier molecular flexibility index (Phi) is 5.77. The number of nitrogens with one attached hydrogen (secondary N) is 1. The van der Waals surface area contributed by atoms with E-state index in [9.17, 15) is 19.5 Å². The van der Waals surface area contributed by atoms with Gasteiger partial charge in [-0.05, 0) is 25.5 Å². The van der Waals surface area contributed by atoms with Crippen molar-refractivity contribution in [1.29, 1.82) is 0 Å². The van der Waals surface area contributed by atoms with E-state index in [0.29, 0.717) is 13.0 Å². The van der Waals surface area contributed by atoms with E-state index in [1.54, 1.807) is 0 Å². The molecule has 25 heavy (non-hydrogen) atoms. The minimum absolute atomic E-state index is 0.0883. The highest BCUT2D eigenvalue weighted by Crippen LogP contribution is 2.24. The number of benzene rings is 1. The maximum atomic E-state index is 13.0. The molecule has 0 fully saturated rings. The fourth-order valence-electron chi connectivity index (χ4n) is 2.71. The minimum atomic E-state index is -1.36. The smallest absolute Gasteiger partial charge is 0.337 e. The van der Waals surface area contributed by atoms with Crippen LogP contribution in [-0.4, -0.2) is 41.1 Å². The molecule has 0 aromatic heterocycles. The summed E-state index contributed by atoms with van der Waals surface area (Å²) in [5.41, 5.74) is 0.428. The molecule has 130 valence electrons. The van der Waals surface area contributed by atoms with Gasteiger partial charge in [0.15, 0.2) is 5.78 Å². The van der Waals surface area contributed by atoms with Crippen molar-refractivity contribution in [2.45, 2.75) is 26.3 Å². The number of carbonyl (C=O) groups excluding carboxylic acids is 2. The number of carbonyl (C=O) groups is 3. The van der Waals surface area contributed by atoms with Gasteiger partial charge in [-0.2, -0.15) is 0 Å². The summed E-state index contributed by atoms with van der Waals surface area (Å²) in [5, 5.41) is 12.5. The maximum absolute atomic E-state index is 13.0. The van der Waals surface area contributed by atoms with Crippen LogP contribution in [0.2, 0.25) is 0 Å². The average Bonchev–Trinajstić information content (AvgIpc) is 2.57. The average molecular weight is 340 g/mol. The Labute approximate surface area is 146 Å². The van der Waals surface area contributed by atoms with Crippen LogP contribution in [0, 0.1) is 0 Å². The first-order chi connectivity index (χ1) is 11.9.